The molecule has 118 valence electrons. The van der Waals surface area contributed by atoms with Crippen molar-refractivity contribution >= 4 is 0 Å². The molecule has 2 unspecified atom stereocenters. The monoisotopic (exact) mass is 289 g/mol. The van der Waals surface area contributed by atoms with Crippen LogP contribution in [0.2, 0.25) is 0 Å². The van der Waals surface area contributed by atoms with Crippen LogP contribution in [0.4, 0.5) is 0 Å². The summed E-state index contributed by atoms with van der Waals surface area (Å²) in [6.07, 6.45) is 3.41. The largest absolute Gasteiger partial charge is 0.489 e. The molecule has 1 aliphatic rings. The second-order valence-corrected chi connectivity index (χ2v) is 7.64. The molecule has 2 heteroatoms. The molecule has 0 aromatic heterocycles. The molecule has 2 N–H and O–H groups in total. The van der Waals surface area contributed by atoms with Crippen molar-refractivity contribution in [1.82, 2.24) is 0 Å². The lowest BCUT2D eigenvalue weighted by Crippen LogP contribution is -2.63. The Bertz CT molecular complexity index is 497. The Labute approximate surface area is 130 Å². The van der Waals surface area contributed by atoms with Crippen molar-refractivity contribution in [1.29, 1.82) is 0 Å². The SMILES string of the molecule is CCC1(CC)C(N)CC1Oc1ccc(C)cc1C(C)(C)C. The first-order valence-corrected chi connectivity index (χ1v) is 8.28. The van der Waals surface area contributed by atoms with Gasteiger partial charge in [-0.05, 0) is 36.8 Å². The molecule has 0 bridgehead atoms. The van der Waals surface area contributed by atoms with Gasteiger partial charge in [-0.3, -0.25) is 0 Å². The maximum Gasteiger partial charge on any atom is 0.123 e. The van der Waals surface area contributed by atoms with Crippen molar-refractivity contribution in [2.75, 3.05) is 0 Å². The van der Waals surface area contributed by atoms with Gasteiger partial charge in [0, 0.05) is 17.9 Å². The minimum atomic E-state index is 0.0916. The Hall–Kier alpha value is -1.02. The Kier molecular flexibility index (Phi) is 4.39. The van der Waals surface area contributed by atoms with Crippen LogP contribution in [-0.4, -0.2) is 12.1 Å². The van der Waals surface area contributed by atoms with Gasteiger partial charge in [0.15, 0.2) is 0 Å². The molecule has 1 aromatic rings. The van der Waals surface area contributed by atoms with Crippen molar-refractivity contribution in [3.63, 3.8) is 0 Å². The summed E-state index contributed by atoms with van der Waals surface area (Å²) >= 11 is 0. The standard InChI is InChI=1S/C19H31NO/c1-7-19(8-2)16(20)12-17(19)21-15-10-9-13(3)11-14(15)18(4,5)6/h9-11,16-17H,7-8,12,20H2,1-6H3. The van der Waals surface area contributed by atoms with Gasteiger partial charge in [-0.1, -0.05) is 52.3 Å². The minimum Gasteiger partial charge on any atom is -0.489 e. The lowest BCUT2D eigenvalue weighted by atomic mass is 9.59. The summed E-state index contributed by atoms with van der Waals surface area (Å²) in [5.74, 6) is 1.04. The van der Waals surface area contributed by atoms with Crippen molar-refractivity contribution in [3.8, 4) is 5.75 Å². The molecule has 2 atom stereocenters. The zero-order chi connectivity index (χ0) is 15.8. The summed E-state index contributed by atoms with van der Waals surface area (Å²) in [4.78, 5) is 0. The quantitative estimate of drug-likeness (QED) is 0.880. The highest BCUT2D eigenvalue weighted by Crippen LogP contribution is 2.48. The number of ether oxygens (including phenoxy) is 1. The predicted octanol–water partition coefficient (Wildman–Crippen LogP) is 4.58. The van der Waals surface area contributed by atoms with E-state index >= 15 is 0 Å². The van der Waals surface area contributed by atoms with E-state index in [1.54, 1.807) is 0 Å². The highest BCUT2D eigenvalue weighted by Gasteiger charge is 2.52. The summed E-state index contributed by atoms with van der Waals surface area (Å²) in [6.45, 7) is 13.3. The summed E-state index contributed by atoms with van der Waals surface area (Å²) < 4.78 is 6.45. The Morgan fingerprint density at radius 1 is 1.24 bits per heavy atom. The first-order valence-electron chi connectivity index (χ1n) is 8.28. The average molecular weight is 289 g/mol. The molecule has 0 aliphatic heterocycles. The molecule has 1 aliphatic carbocycles. The molecule has 21 heavy (non-hydrogen) atoms. The topological polar surface area (TPSA) is 35.2 Å². The molecule has 1 saturated carbocycles. The van der Waals surface area contributed by atoms with Crippen LogP contribution >= 0.6 is 0 Å². The molecule has 0 heterocycles. The third-order valence-electron chi connectivity index (χ3n) is 5.38. The number of rotatable bonds is 4. The Morgan fingerprint density at radius 2 is 1.86 bits per heavy atom. The van der Waals surface area contributed by atoms with Gasteiger partial charge in [-0.2, -0.15) is 0 Å². The van der Waals surface area contributed by atoms with Crippen LogP contribution < -0.4 is 10.5 Å². The Morgan fingerprint density at radius 3 is 2.33 bits per heavy atom. The van der Waals surface area contributed by atoms with E-state index in [2.05, 4.69) is 59.7 Å². The molecular weight excluding hydrogens is 258 g/mol. The van der Waals surface area contributed by atoms with Crippen LogP contribution in [0.25, 0.3) is 0 Å². The van der Waals surface area contributed by atoms with E-state index in [1.807, 2.05) is 0 Å². The molecule has 2 nitrogen and oxygen atoms in total. The molecule has 2 rings (SSSR count). The number of nitrogens with two attached hydrogens (primary N) is 1. The number of aryl methyl sites for hydroxylation is 1. The van der Waals surface area contributed by atoms with Gasteiger partial charge in [-0.25, -0.2) is 0 Å². The van der Waals surface area contributed by atoms with Crippen LogP contribution in [0.5, 0.6) is 5.75 Å². The zero-order valence-corrected chi connectivity index (χ0v) is 14.5. The summed E-state index contributed by atoms with van der Waals surface area (Å²) in [5.41, 5.74) is 9.12. The zero-order valence-electron chi connectivity index (χ0n) is 14.5. The first kappa shape index (κ1) is 16.4. The summed E-state index contributed by atoms with van der Waals surface area (Å²) in [7, 11) is 0. The van der Waals surface area contributed by atoms with E-state index in [0.717, 1.165) is 25.0 Å². The van der Waals surface area contributed by atoms with Crippen LogP contribution in [0, 0.1) is 12.3 Å². The fraction of sp³-hybridized carbons (Fsp3) is 0.684. The predicted molar refractivity (Wildman–Crippen MR) is 89.9 cm³/mol. The smallest absolute Gasteiger partial charge is 0.123 e. The van der Waals surface area contributed by atoms with Crippen molar-refractivity contribution in [2.24, 2.45) is 11.1 Å². The number of hydrogen-bond acceptors (Lipinski definition) is 2. The highest BCUT2D eigenvalue weighted by molar-refractivity contribution is 5.41. The van der Waals surface area contributed by atoms with E-state index in [4.69, 9.17) is 10.5 Å². The maximum atomic E-state index is 6.45. The molecule has 0 spiro atoms. The average Bonchev–Trinajstić information content (AvgIpc) is 2.40. The van der Waals surface area contributed by atoms with Crippen molar-refractivity contribution in [2.45, 2.75) is 78.4 Å². The third kappa shape index (κ3) is 2.83. The summed E-state index contributed by atoms with van der Waals surface area (Å²) in [5, 5.41) is 0. The Balaban J connectivity index is 2.29. The fourth-order valence-electron chi connectivity index (χ4n) is 3.66. The van der Waals surface area contributed by atoms with Gasteiger partial charge in [0.2, 0.25) is 0 Å². The lowest BCUT2D eigenvalue weighted by molar-refractivity contribution is -0.0729. The van der Waals surface area contributed by atoms with Crippen molar-refractivity contribution < 1.29 is 4.74 Å². The third-order valence-corrected chi connectivity index (χ3v) is 5.38. The van der Waals surface area contributed by atoms with E-state index in [9.17, 15) is 0 Å². The van der Waals surface area contributed by atoms with Crippen LogP contribution in [0.15, 0.2) is 18.2 Å². The van der Waals surface area contributed by atoms with Gasteiger partial charge < -0.3 is 10.5 Å². The maximum absolute atomic E-state index is 6.45. The summed E-state index contributed by atoms with van der Waals surface area (Å²) in [6, 6.07) is 6.81. The fourth-order valence-corrected chi connectivity index (χ4v) is 3.66. The van der Waals surface area contributed by atoms with E-state index in [1.165, 1.54) is 11.1 Å². The van der Waals surface area contributed by atoms with Gasteiger partial charge >= 0.3 is 0 Å². The lowest BCUT2D eigenvalue weighted by Gasteiger charge is -2.53. The van der Waals surface area contributed by atoms with Crippen molar-refractivity contribution in [3.05, 3.63) is 29.3 Å². The van der Waals surface area contributed by atoms with Gasteiger partial charge in [0.1, 0.15) is 11.9 Å². The van der Waals surface area contributed by atoms with E-state index in [0.29, 0.717) is 0 Å². The highest BCUT2D eigenvalue weighted by atomic mass is 16.5. The molecule has 1 aromatic carbocycles. The van der Waals surface area contributed by atoms with Gasteiger partial charge in [-0.15, -0.1) is 0 Å². The second kappa shape index (κ2) is 5.64. The number of hydrogen-bond donors (Lipinski definition) is 1. The first-order chi connectivity index (χ1) is 9.74. The molecule has 0 saturated heterocycles. The van der Waals surface area contributed by atoms with Crippen LogP contribution in [-0.2, 0) is 5.41 Å². The molecule has 0 radical (unpaired) electrons. The molecule has 0 amide bonds. The van der Waals surface area contributed by atoms with Gasteiger partial charge in [0.05, 0.1) is 0 Å². The van der Waals surface area contributed by atoms with E-state index in [-0.39, 0.29) is 23.0 Å². The van der Waals surface area contributed by atoms with E-state index < -0.39 is 0 Å². The minimum absolute atomic E-state index is 0.0916. The molecule has 1 fully saturated rings. The van der Waals surface area contributed by atoms with Crippen LogP contribution in [0.1, 0.15) is 65.0 Å². The normalized spacial score (nSPS) is 24.5. The van der Waals surface area contributed by atoms with Crippen LogP contribution in [0.3, 0.4) is 0 Å². The number of benzene rings is 1. The van der Waals surface area contributed by atoms with Gasteiger partial charge in [0.25, 0.3) is 0 Å². The molecular formula is C19H31NO. The second-order valence-electron chi connectivity index (χ2n) is 7.64.